The molecule has 1 aliphatic rings. The number of phenols is 1. The van der Waals surface area contributed by atoms with Crippen LogP contribution in [-0.2, 0) is 16.1 Å². The minimum absolute atomic E-state index is 0.155. The Labute approximate surface area is 163 Å². The number of aromatic hydroxyl groups is 1. The van der Waals surface area contributed by atoms with Gasteiger partial charge in [-0.25, -0.2) is 4.98 Å². The van der Waals surface area contributed by atoms with E-state index in [0.29, 0.717) is 13.0 Å². The van der Waals surface area contributed by atoms with Gasteiger partial charge in [-0.3, -0.25) is 9.59 Å². The zero-order chi connectivity index (χ0) is 19.5. The van der Waals surface area contributed by atoms with E-state index in [-0.39, 0.29) is 17.6 Å². The molecule has 6 nitrogen and oxygen atoms in total. The zero-order valence-electron chi connectivity index (χ0n) is 15.3. The topological polar surface area (TPSA) is 75.4 Å². The number of rotatable bonds is 6. The van der Waals surface area contributed by atoms with Crippen LogP contribution in [0.3, 0.4) is 0 Å². The van der Waals surface area contributed by atoms with Gasteiger partial charge in [-0.1, -0.05) is 42.5 Å². The number of carbonyl (C=O) groups is 2. The molecule has 3 aromatic rings. The van der Waals surface area contributed by atoms with Gasteiger partial charge in [-0.05, 0) is 29.7 Å². The normalized spacial score (nSPS) is 19.4. The molecule has 2 atom stereocenters. The van der Waals surface area contributed by atoms with Gasteiger partial charge in [0.25, 0.3) is 5.91 Å². The third kappa shape index (κ3) is 3.41. The number of hydrogen-bond acceptors (Lipinski definition) is 4. The van der Waals surface area contributed by atoms with Gasteiger partial charge in [0.15, 0.2) is 0 Å². The fourth-order valence-electron chi connectivity index (χ4n) is 3.85. The number of imidazole rings is 1. The van der Waals surface area contributed by atoms with Gasteiger partial charge in [0, 0.05) is 25.5 Å². The Morgan fingerprint density at radius 3 is 2.36 bits per heavy atom. The highest BCUT2D eigenvalue weighted by molar-refractivity contribution is 6.40. The Hall–Kier alpha value is -3.41. The number of benzene rings is 2. The number of hydrogen-bond donors (Lipinski definition) is 1. The van der Waals surface area contributed by atoms with Gasteiger partial charge in [-0.15, -0.1) is 0 Å². The number of carbonyl (C=O) groups excluding carboxylic acids is 2. The molecule has 1 saturated heterocycles. The maximum Gasteiger partial charge on any atom is 0.291 e. The molecule has 1 aliphatic heterocycles. The molecule has 1 fully saturated rings. The molecule has 0 bridgehead atoms. The number of likely N-dealkylation sites (tertiary alicyclic amines) is 1. The Bertz CT molecular complexity index is 952. The second kappa shape index (κ2) is 7.68. The van der Waals surface area contributed by atoms with Crippen LogP contribution in [0.15, 0.2) is 73.3 Å². The average molecular weight is 375 g/mol. The smallest absolute Gasteiger partial charge is 0.291 e. The van der Waals surface area contributed by atoms with Crippen LogP contribution in [0.2, 0.25) is 0 Å². The lowest BCUT2D eigenvalue weighted by molar-refractivity contribution is -0.140. The highest BCUT2D eigenvalue weighted by Gasteiger charge is 2.48. The van der Waals surface area contributed by atoms with Crippen molar-refractivity contribution < 1.29 is 14.7 Å². The summed E-state index contributed by atoms with van der Waals surface area (Å²) in [7, 11) is 0. The van der Waals surface area contributed by atoms with Crippen LogP contribution >= 0.6 is 0 Å². The summed E-state index contributed by atoms with van der Waals surface area (Å²) in [4.78, 5) is 31.4. The Balaban J connectivity index is 1.65. The van der Waals surface area contributed by atoms with Gasteiger partial charge >= 0.3 is 0 Å². The van der Waals surface area contributed by atoms with Crippen LogP contribution in [0.25, 0.3) is 0 Å². The van der Waals surface area contributed by atoms with E-state index >= 15 is 0 Å². The van der Waals surface area contributed by atoms with Gasteiger partial charge in [0.2, 0.25) is 5.78 Å². The van der Waals surface area contributed by atoms with Crippen molar-refractivity contribution >= 4 is 11.7 Å². The van der Waals surface area contributed by atoms with Crippen LogP contribution in [0.1, 0.15) is 29.5 Å². The molecule has 2 unspecified atom stereocenters. The summed E-state index contributed by atoms with van der Waals surface area (Å²) < 4.78 is 1.95. The molecule has 1 N–H and O–H groups in total. The number of amides is 1. The summed E-state index contributed by atoms with van der Waals surface area (Å²) in [5.41, 5.74) is 1.67. The number of aromatic nitrogens is 2. The molecule has 2 aromatic carbocycles. The van der Waals surface area contributed by atoms with Crippen LogP contribution in [-0.4, -0.2) is 37.8 Å². The van der Waals surface area contributed by atoms with Gasteiger partial charge in [0.05, 0.1) is 18.3 Å². The lowest BCUT2D eigenvalue weighted by Crippen LogP contribution is -2.31. The van der Waals surface area contributed by atoms with E-state index in [1.807, 2.05) is 41.1 Å². The monoisotopic (exact) mass is 375 g/mol. The van der Waals surface area contributed by atoms with Crippen molar-refractivity contribution in [3.8, 4) is 5.75 Å². The molecule has 2 heterocycles. The number of Topliss-reactive ketones (excluding diaryl/α,β-unsaturated/α-hetero) is 1. The average Bonchev–Trinajstić information content (AvgIpc) is 3.32. The third-order valence-electron chi connectivity index (χ3n) is 5.17. The summed E-state index contributed by atoms with van der Waals surface area (Å²) in [6.07, 6.45) is 6.04. The first-order valence-electron chi connectivity index (χ1n) is 9.29. The van der Waals surface area contributed by atoms with E-state index in [2.05, 4.69) is 4.98 Å². The molecule has 4 rings (SSSR count). The highest BCUT2D eigenvalue weighted by Crippen LogP contribution is 2.42. The maximum absolute atomic E-state index is 12.9. The molecule has 1 aromatic heterocycles. The first kappa shape index (κ1) is 18.0. The van der Waals surface area contributed by atoms with Crippen molar-refractivity contribution in [3.05, 3.63) is 84.4 Å². The second-order valence-corrected chi connectivity index (χ2v) is 6.94. The Morgan fingerprint density at radius 2 is 1.68 bits per heavy atom. The van der Waals surface area contributed by atoms with Crippen molar-refractivity contribution in [3.63, 3.8) is 0 Å². The van der Waals surface area contributed by atoms with E-state index in [9.17, 15) is 14.7 Å². The van der Waals surface area contributed by atoms with Crippen LogP contribution < -0.4 is 0 Å². The van der Waals surface area contributed by atoms with Crippen molar-refractivity contribution in [1.29, 1.82) is 0 Å². The van der Waals surface area contributed by atoms with E-state index in [4.69, 9.17) is 0 Å². The predicted octanol–water partition coefficient (Wildman–Crippen LogP) is 2.92. The van der Waals surface area contributed by atoms with Crippen LogP contribution in [0, 0.1) is 0 Å². The van der Waals surface area contributed by atoms with Crippen LogP contribution in [0.4, 0.5) is 0 Å². The Morgan fingerprint density at radius 1 is 0.929 bits per heavy atom. The molecule has 0 aliphatic carbocycles. The van der Waals surface area contributed by atoms with E-state index in [1.165, 1.54) is 0 Å². The molecule has 0 radical (unpaired) electrons. The fraction of sp³-hybridized carbons (Fsp3) is 0.227. The van der Waals surface area contributed by atoms with Gasteiger partial charge in [0.1, 0.15) is 5.75 Å². The molecular weight excluding hydrogens is 354 g/mol. The van der Waals surface area contributed by atoms with Crippen molar-refractivity contribution in [1.82, 2.24) is 14.5 Å². The fourth-order valence-corrected chi connectivity index (χ4v) is 3.85. The standard InChI is InChI=1S/C22H21N3O3/c26-18-9-7-17(8-10-18)20-19(16-5-2-1-3-6-16)21(27)22(28)25(20)13-4-12-24-14-11-23-15-24/h1-3,5-11,14-15,19-20,26H,4,12-13H2. The molecule has 0 saturated carbocycles. The minimum atomic E-state index is -0.550. The number of ketones is 1. The van der Waals surface area contributed by atoms with Crippen molar-refractivity contribution in [2.75, 3.05) is 6.54 Å². The van der Waals surface area contributed by atoms with Gasteiger partial charge in [-0.2, -0.15) is 0 Å². The SMILES string of the molecule is O=C1C(=O)N(CCCn2ccnc2)C(c2ccc(O)cc2)C1c1ccccc1. The van der Waals surface area contributed by atoms with Gasteiger partial charge < -0.3 is 14.6 Å². The molecule has 142 valence electrons. The predicted molar refractivity (Wildman–Crippen MR) is 104 cm³/mol. The molecule has 6 heteroatoms. The summed E-state index contributed by atoms with van der Waals surface area (Å²) in [6, 6.07) is 15.8. The number of aryl methyl sites for hydroxylation is 1. The minimum Gasteiger partial charge on any atom is -0.508 e. The molecule has 28 heavy (non-hydrogen) atoms. The maximum atomic E-state index is 12.9. The number of nitrogens with zero attached hydrogens (tertiary/aromatic N) is 3. The Kier molecular flexibility index (Phi) is 4.93. The highest BCUT2D eigenvalue weighted by atomic mass is 16.3. The molecular formula is C22H21N3O3. The first-order chi connectivity index (χ1) is 13.6. The summed E-state index contributed by atoms with van der Waals surface area (Å²) in [5.74, 6) is -1.22. The second-order valence-electron chi connectivity index (χ2n) is 6.94. The quantitative estimate of drug-likeness (QED) is 0.672. The summed E-state index contributed by atoms with van der Waals surface area (Å²) >= 11 is 0. The van der Waals surface area contributed by atoms with Crippen molar-refractivity contribution in [2.24, 2.45) is 0 Å². The van der Waals surface area contributed by atoms with E-state index in [1.54, 1.807) is 41.7 Å². The zero-order valence-corrected chi connectivity index (χ0v) is 15.3. The lowest BCUT2D eigenvalue weighted by Gasteiger charge is -2.28. The number of phenolic OH excluding ortho intramolecular Hbond substituents is 1. The summed E-state index contributed by atoms with van der Waals surface area (Å²) in [5, 5.41) is 9.64. The van der Waals surface area contributed by atoms with E-state index < -0.39 is 11.8 Å². The third-order valence-corrected chi connectivity index (χ3v) is 5.17. The summed E-state index contributed by atoms with van der Waals surface area (Å²) in [6.45, 7) is 1.19. The largest absolute Gasteiger partial charge is 0.508 e. The van der Waals surface area contributed by atoms with Crippen molar-refractivity contribution in [2.45, 2.75) is 24.9 Å². The first-order valence-corrected chi connectivity index (χ1v) is 9.29. The van der Waals surface area contributed by atoms with E-state index in [0.717, 1.165) is 17.7 Å². The lowest BCUT2D eigenvalue weighted by atomic mass is 9.87. The molecule has 0 spiro atoms. The van der Waals surface area contributed by atoms with Crippen LogP contribution in [0.5, 0.6) is 5.75 Å². The molecule has 1 amide bonds.